The fraction of sp³-hybridized carbons (Fsp3) is 1.00. The summed E-state index contributed by atoms with van der Waals surface area (Å²) in [6, 6.07) is 0. The Bertz CT molecular complexity index is 167. The Labute approximate surface area is 101 Å². The Kier molecular flexibility index (Phi) is 6.04. The van der Waals surface area contributed by atoms with E-state index in [4.69, 9.17) is 11.6 Å². The lowest BCUT2D eigenvalue weighted by molar-refractivity contribution is 0.225. The van der Waals surface area contributed by atoms with Gasteiger partial charge in [0.15, 0.2) is 0 Å². The summed E-state index contributed by atoms with van der Waals surface area (Å²) >= 11 is 6.45. The van der Waals surface area contributed by atoms with Crippen LogP contribution in [0.25, 0.3) is 0 Å². The molecule has 0 radical (unpaired) electrons. The molecule has 1 heteroatoms. The lowest BCUT2D eigenvalue weighted by Gasteiger charge is -2.34. The zero-order valence-electron chi connectivity index (χ0n) is 10.6. The first-order valence-corrected chi connectivity index (χ1v) is 7.25. The molecule has 0 aromatic rings. The number of alkyl halides is 1. The minimum absolute atomic E-state index is 0.465. The van der Waals surface area contributed by atoms with Gasteiger partial charge in [-0.05, 0) is 43.4 Å². The molecule has 4 atom stereocenters. The van der Waals surface area contributed by atoms with E-state index in [0.29, 0.717) is 5.38 Å². The standard InChI is InChI=1S/C14H27Cl/c1-4-6-12-7-8-14(15)13(10-12)9-11(3)5-2/h11-14H,4-10H2,1-3H3. The summed E-state index contributed by atoms with van der Waals surface area (Å²) in [5.41, 5.74) is 0. The van der Waals surface area contributed by atoms with E-state index in [9.17, 15) is 0 Å². The van der Waals surface area contributed by atoms with Crippen molar-refractivity contribution in [1.29, 1.82) is 0 Å². The molecule has 15 heavy (non-hydrogen) atoms. The predicted octanol–water partition coefficient (Wildman–Crippen LogP) is 5.25. The van der Waals surface area contributed by atoms with E-state index in [1.54, 1.807) is 0 Å². The molecule has 0 aromatic carbocycles. The highest BCUT2D eigenvalue weighted by Crippen LogP contribution is 2.38. The van der Waals surface area contributed by atoms with Crippen LogP contribution < -0.4 is 0 Å². The first-order chi connectivity index (χ1) is 7.17. The topological polar surface area (TPSA) is 0 Å². The first-order valence-electron chi connectivity index (χ1n) is 6.81. The Morgan fingerprint density at radius 3 is 2.60 bits per heavy atom. The molecule has 1 aliphatic carbocycles. The molecular formula is C14H27Cl. The van der Waals surface area contributed by atoms with Crippen molar-refractivity contribution in [3.8, 4) is 0 Å². The molecule has 0 aliphatic heterocycles. The smallest absolute Gasteiger partial charge is 0.0364 e. The zero-order chi connectivity index (χ0) is 11.3. The zero-order valence-corrected chi connectivity index (χ0v) is 11.4. The third-order valence-electron chi connectivity index (χ3n) is 4.10. The lowest BCUT2D eigenvalue weighted by atomic mass is 9.75. The number of hydrogen-bond acceptors (Lipinski definition) is 0. The van der Waals surface area contributed by atoms with Gasteiger partial charge < -0.3 is 0 Å². The van der Waals surface area contributed by atoms with Gasteiger partial charge in [-0.25, -0.2) is 0 Å². The van der Waals surface area contributed by atoms with Crippen molar-refractivity contribution in [3.05, 3.63) is 0 Å². The van der Waals surface area contributed by atoms with Crippen LogP contribution in [0.3, 0.4) is 0 Å². The van der Waals surface area contributed by atoms with Gasteiger partial charge in [0.1, 0.15) is 0 Å². The van der Waals surface area contributed by atoms with Crippen molar-refractivity contribution in [3.63, 3.8) is 0 Å². The maximum atomic E-state index is 6.45. The monoisotopic (exact) mass is 230 g/mol. The number of hydrogen-bond donors (Lipinski definition) is 0. The van der Waals surface area contributed by atoms with Gasteiger partial charge in [-0.2, -0.15) is 0 Å². The maximum absolute atomic E-state index is 6.45. The molecular weight excluding hydrogens is 204 g/mol. The van der Waals surface area contributed by atoms with E-state index in [2.05, 4.69) is 20.8 Å². The second-order valence-corrected chi connectivity index (χ2v) is 6.05. The summed E-state index contributed by atoms with van der Waals surface area (Å²) in [5, 5.41) is 0.465. The van der Waals surface area contributed by atoms with Crippen LogP contribution in [0.1, 0.15) is 65.7 Å². The molecule has 0 spiro atoms. The average Bonchev–Trinajstić information content (AvgIpc) is 2.23. The fourth-order valence-corrected chi connectivity index (χ4v) is 3.25. The predicted molar refractivity (Wildman–Crippen MR) is 69.5 cm³/mol. The van der Waals surface area contributed by atoms with E-state index < -0.39 is 0 Å². The number of rotatable bonds is 5. The van der Waals surface area contributed by atoms with Crippen molar-refractivity contribution in [2.45, 2.75) is 71.1 Å². The Hall–Kier alpha value is 0.290. The quantitative estimate of drug-likeness (QED) is 0.566. The highest BCUT2D eigenvalue weighted by atomic mass is 35.5. The molecule has 1 saturated carbocycles. The van der Waals surface area contributed by atoms with Gasteiger partial charge in [0, 0.05) is 5.38 Å². The van der Waals surface area contributed by atoms with Gasteiger partial charge in [0.2, 0.25) is 0 Å². The minimum Gasteiger partial charge on any atom is -0.123 e. The summed E-state index contributed by atoms with van der Waals surface area (Å²) in [5.74, 6) is 2.63. The Balaban J connectivity index is 2.39. The Morgan fingerprint density at radius 1 is 1.27 bits per heavy atom. The van der Waals surface area contributed by atoms with Crippen LogP contribution in [-0.4, -0.2) is 5.38 Å². The highest BCUT2D eigenvalue weighted by Gasteiger charge is 2.29. The summed E-state index contributed by atoms with van der Waals surface area (Å²) in [6.07, 6.45) is 9.44. The summed E-state index contributed by atoms with van der Waals surface area (Å²) in [7, 11) is 0. The molecule has 1 fully saturated rings. The molecule has 1 aliphatic rings. The molecule has 0 aromatic heterocycles. The van der Waals surface area contributed by atoms with Gasteiger partial charge >= 0.3 is 0 Å². The third-order valence-corrected chi connectivity index (χ3v) is 4.67. The highest BCUT2D eigenvalue weighted by molar-refractivity contribution is 6.20. The molecule has 0 N–H and O–H groups in total. The molecule has 0 nitrogen and oxygen atoms in total. The van der Waals surface area contributed by atoms with E-state index in [0.717, 1.165) is 17.8 Å². The van der Waals surface area contributed by atoms with E-state index in [1.807, 2.05) is 0 Å². The van der Waals surface area contributed by atoms with Crippen molar-refractivity contribution < 1.29 is 0 Å². The van der Waals surface area contributed by atoms with Gasteiger partial charge in [-0.15, -0.1) is 11.6 Å². The van der Waals surface area contributed by atoms with Crippen LogP contribution in [0.2, 0.25) is 0 Å². The molecule has 0 saturated heterocycles. The van der Waals surface area contributed by atoms with Crippen molar-refractivity contribution in [2.24, 2.45) is 17.8 Å². The van der Waals surface area contributed by atoms with Gasteiger partial charge in [-0.1, -0.05) is 40.0 Å². The van der Waals surface area contributed by atoms with E-state index in [1.165, 1.54) is 44.9 Å². The minimum atomic E-state index is 0.465. The number of halogens is 1. The summed E-state index contributed by atoms with van der Waals surface area (Å²) in [4.78, 5) is 0. The second kappa shape index (κ2) is 6.78. The van der Waals surface area contributed by atoms with Crippen LogP contribution in [0.4, 0.5) is 0 Å². The first kappa shape index (κ1) is 13.4. The van der Waals surface area contributed by atoms with Crippen LogP contribution in [0.15, 0.2) is 0 Å². The normalized spacial score (nSPS) is 34.0. The molecule has 4 unspecified atom stereocenters. The lowest BCUT2D eigenvalue weighted by Crippen LogP contribution is -2.26. The van der Waals surface area contributed by atoms with Crippen molar-refractivity contribution in [1.82, 2.24) is 0 Å². The SMILES string of the molecule is CCCC1CCC(Cl)C(CC(C)CC)C1. The van der Waals surface area contributed by atoms with Crippen LogP contribution >= 0.6 is 11.6 Å². The largest absolute Gasteiger partial charge is 0.123 e. The molecule has 0 bridgehead atoms. The van der Waals surface area contributed by atoms with E-state index in [-0.39, 0.29) is 0 Å². The summed E-state index contributed by atoms with van der Waals surface area (Å²) in [6.45, 7) is 6.96. The molecule has 0 amide bonds. The average molecular weight is 231 g/mol. The Morgan fingerprint density at radius 2 is 2.00 bits per heavy atom. The molecule has 1 rings (SSSR count). The molecule has 0 heterocycles. The van der Waals surface area contributed by atoms with Gasteiger partial charge in [0.05, 0.1) is 0 Å². The van der Waals surface area contributed by atoms with E-state index >= 15 is 0 Å². The van der Waals surface area contributed by atoms with Crippen LogP contribution in [-0.2, 0) is 0 Å². The maximum Gasteiger partial charge on any atom is 0.0364 e. The molecule has 90 valence electrons. The van der Waals surface area contributed by atoms with Crippen LogP contribution in [0, 0.1) is 17.8 Å². The fourth-order valence-electron chi connectivity index (χ4n) is 2.92. The third kappa shape index (κ3) is 4.34. The second-order valence-electron chi connectivity index (χ2n) is 5.49. The van der Waals surface area contributed by atoms with Crippen molar-refractivity contribution in [2.75, 3.05) is 0 Å². The van der Waals surface area contributed by atoms with Crippen LogP contribution in [0.5, 0.6) is 0 Å². The van der Waals surface area contributed by atoms with Crippen molar-refractivity contribution >= 4 is 11.6 Å². The van der Waals surface area contributed by atoms with Gasteiger partial charge in [-0.3, -0.25) is 0 Å². The van der Waals surface area contributed by atoms with Gasteiger partial charge in [0.25, 0.3) is 0 Å². The summed E-state index contributed by atoms with van der Waals surface area (Å²) < 4.78 is 0.